The molecule has 0 aliphatic rings. The van der Waals surface area contributed by atoms with E-state index in [4.69, 9.17) is 26.2 Å². The van der Waals surface area contributed by atoms with E-state index in [-0.39, 0.29) is 22.8 Å². The van der Waals surface area contributed by atoms with Crippen molar-refractivity contribution < 1.29 is 25.2 Å². The van der Waals surface area contributed by atoms with Crippen molar-refractivity contribution >= 4 is 5.97 Å². The van der Waals surface area contributed by atoms with E-state index in [0.717, 1.165) is 5.56 Å². The lowest BCUT2D eigenvalue weighted by Crippen LogP contribution is -2.02. The number of carboxylic acid groups (broad SMARTS) is 1. The van der Waals surface area contributed by atoms with E-state index in [2.05, 4.69) is 0 Å². The minimum atomic E-state index is -1.11. The van der Waals surface area contributed by atoms with Gasteiger partial charge in [-0.25, -0.2) is 4.79 Å². The molecule has 0 saturated heterocycles. The summed E-state index contributed by atoms with van der Waals surface area (Å²) in [5.74, 6) is -1.49. The maximum atomic E-state index is 10.3. The Bertz CT molecular complexity index is 613. The topological polar surface area (TPSA) is 124 Å². The molecule has 2 aromatic rings. The number of hydrogen-bond donors (Lipinski definition) is 5. The predicted octanol–water partition coefficient (Wildman–Crippen LogP) is 1.69. The van der Waals surface area contributed by atoms with Crippen molar-refractivity contribution in [1.29, 1.82) is 0 Å². The van der Waals surface area contributed by atoms with Crippen molar-refractivity contribution in [1.82, 2.24) is 0 Å². The highest BCUT2D eigenvalue weighted by Gasteiger charge is 2.05. The first-order valence-corrected chi connectivity index (χ1v) is 6.18. The van der Waals surface area contributed by atoms with Crippen LogP contribution in [0.4, 0.5) is 0 Å². The van der Waals surface area contributed by atoms with Crippen LogP contribution in [-0.4, -0.2) is 32.9 Å². The third kappa shape index (κ3) is 5.04. The molecule has 6 heteroatoms. The van der Waals surface area contributed by atoms with E-state index in [0.29, 0.717) is 13.0 Å². The highest BCUT2D eigenvalue weighted by molar-refractivity contribution is 5.90. The van der Waals surface area contributed by atoms with Crippen LogP contribution in [0.1, 0.15) is 15.9 Å². The number of rotatable bonds is 3. The Morgan fingerprint density at radius 3 is 2.10 bits per heavy atom. The molecule has 0 spiro atoms. The molecule has 0 amide bonds. The highest BCUT2D eigenvalue weighted by atomic mass is 16.4. The fourth-order valence-electron chi connectivity index (χ4n) is 1.55. The highest BCUT2D eigenvalue weighted by Crippen LogP contribution is 2.24. The third-order valence-corrected chi connectivity index (χ3v) is 2.61. The lowest BCUT2D eigenvalue weighted by atomic mass is 10.1. The molecule has 0 aliphatic carbocycles. The Hall–Kier alpha value is -2.73. The number of para-hydroxylation sites is 1. The second-order valence-electron chi connectivity index (χ2n) is 4.18. The van der Waals surface area contributed by atoms with Gasteiger partial charge < -0.3 is 26.2 Å². The molecule has 6 nitrogen and oxygen atoms in total. The predicted molar refractivity (Wildman–Crippen MR) is 77.6 cm³/mol. The SMILES string of the molecule is NCCc1ccc(O)c(O)c1.O=C(O)c1ccccc1O. The quantitative estimate of drug-likeness (QED) is 0.548. The number of nitrogens with two attached hydrogens (primary N) is 1. The zero-order valence-corrected chi connectivity index (χ0v) is 11.2. The van der Waals surface area contributed by atoms with Crippen LogP contribution in [0.25, 0.3) is 0 Å². The van der Waals surface area contributed by atoms with Crippen molar-refractivity contribution in [3.8, 4) is 17.2 Å². The van der Waals surface area contributed by atoms with Gasteiger partial charge in [-0.2, -0.15) is 0 Å². The Labute approximate surface area is 121 Å². The largest absolute Gasteiger partial charge is 0.507 e. The van der Waals surface area contributed by atoms with Gasteiger partial charge in [0.25, 0.3) is 0 Å². The molecular weight excluding hydrogens is 274 g/mol. The summed E-state index contributed by atoms with van der Waals surface area (Å²) in [7, 11) is 0. The summed E-state index contributed by atoms with van der Waals surface area (Å²) in [5.41, 5.74) is 6.17. The van der Waals surface area contributed by atoms with Crippen molar-refractivity contribution in [3.63, 3.8) is 0 Å². The van der Waals surface area contributed by atoms with Crippen LogP contribution >= 0.6 is 0 Å². The maximum absolute atomic E-state index is 10.3. The molecule has 6 N–H and O–H groups in total. The molecule has 0 unspecified atom stereocenters. The lowest BCUT2D eigenvalue weighted by Gasteiger charge is -2.00. The molecule has 0 bridgehead atoms. The Morgan fingerprint density at radius 1 is 0.952 bits per heavy atom. The molecule has 2 aromatic carbocycles. The van der Waals surface area contributed by atoms with E-state index < -0.39 is 5.97 Å². The summed E-state index contributed by atoms with van der Waals surface area (Å²) in [5, 5.41) is 35.3. The Kier molecular flexibility index (Phi) is 6.03. The van der Waals surface area contributed by atoms with Crippen LogP contribution in [-0.2, 0) is 6.42 Å². The molecule has 112 valence electrons. The van der Waals surface area contributed by atoms with Crippen molar-refractivity contribution in [3.05, 3.63) is 53.6 Å². The fraction of sp³-hybridized carbons (Fsp3) is 0.133. The van der Waals surface area contributed by atoms with Crippen molar-refractivity contribution in [2.75, 3.05) is 6.54 Å². The molecule has 0 aliphatic heterocycles. The van der Waals surface area contributed by atoms with Crippen LogP contribution in [0.5, 0.6) is 17.2 Å². The van der Waals surface area contributed by atoms with Crippen molar-refractivity contribution in [2.24, 2.45) is 5.73 Å². The zero-order chi connectivity index (χ0) is 15.8. The minimum absolute atomic E-state index is 0.0671. The van der Waals surface area contributed by atoms with E-state index in [1.54, 1.807) is 18.2 Å². The molecule has 0 radical (unpaired) electrons. The lowest BCUT2D eigenvalue weighted by molar-refractivity contribution is 0.0693. The average molecular weight is 291 g/mol. The van der Waals surface area contributed by atoms with E-state index in [1.807, 2.05) is 0 Å². The number of aromatic carboxylic acids is 1. The standard InChI is InChI=1S/C8H11NO2.C7H6O3/c9-4-3-6-1-2-7(10)8(11)5-6;8-6-4-2-1-3-5(6)7(9)10/h1-2,5,10-11H,3-4,9H2;1-4,8H,(H,9,10). The average Bonchev–Trinajstić information content (AvgIpc) is 2.44. The minimum Gasteiger partial charge on any atom is -0.507 e. The number of aromatic hydroxyl groups is 3. The van der Waals surface area contributed by atoms with Gasteiger partial charge in [-0.05, 0) is 42.8 Å². The zero-order valence-electron chi connectivity index (χ0n) is 11.2. The molecule has 0 fully saturated rings. The van der Waals surface area contributed by atoms with Gasteiger partial charge in [0.2, 0.25) is 0 Å². The van der Waals surface area contributed by atoms with Gasteiger partial charge in [0.15, 0.2) is 11.5 Å². The number of carbonyl (C=O) groups is 1. The van der Waals surface area contributed by atoms with Gasteiger partial charge >= 0.3 is 5.97 Å². The second kappa shape index (κ2) is 7.76. The van der Waals surface area contributed by atoms with Gasteiger partial charge in [0.1, 0.15) is 11.3 Å². The molecule has 0 atom stereocenters. The smallest absolute Gasteiger partial charge is 0.339 e. The number of carboxylic acids is 1. The molecule has 21 heavy (non-hydrogen) atoms. The summed E-state index contributed by atoms with van der Waals surface area (Å²) < 4.78 is 0. The van der Waals surface area contributed by atoms with Crippen LogP contribution < -0.4 is 5.73 Å². The first-order valence-electron chi connectivity index (χ1n) is 6.18. The molecular formula is C15H17NO5. The van der Waals surface area contributed by atoms with E-state index >= 15 is 0 Å². The normalized spacial score (nSPS) is 9.57. The summed E-state index contributed by atoms with van der Waals surface area (Å²) in [6, 6.07) is 10.5. The Balaban J connectivity index is 0.000000211. The van der Waals surface area contributed by atoms with Crippen LogP contribution in [0.2, 0.25) is 0 Å². The number of hydrogen-bond acceptors (Lipinski definition) is 5. The Morgan fingerprint density at radius 2 is 1.62 bits per heavy atom. The molecule has 0 heterocycles. The van der Waals surface area contributed by atoms with E-state index in [9.17, 15) is 4.79 Å². The molecule has 0 aromatic heterocycles. The third-order valence-electron chi connectivity index (χ3n) is 2.61. The van der Waals surface area contributed by atoms with Gasteiger partial charge in [0, 0.05) is 0 Å². The first-order chi connectivity index (χ1) is 9.95. The summed E-state index contributed by atoms with van der Waals surface area (Å²) in [4.78, 5) is 10.3. The van der Waals surface area contributed by atoms with Gasteiger partial charge in [-0.15, -0.1) is 0 Å². The number of phenolic OH excluding ortho intramolecular Hbond substituents is 2. The fourth-order valence-corrected chi connectivity index (χ4v) is 1.55. The van der Waals surface area contributed by atoms with Crippen LogP contribution in [0, 0.1) is 0 Å². The monoisotopic (exact) mass is 291 g/mol. The van der Waals surface area contributed by atoms with Crippen molar-refractivity contribution in [2.45, 2.75) is 6.42 Å². The van der Waals surface area contributed by atoms with Gasteiger partial charge in [-0.1, -0.05) is 18.2 Å². The summed E-state index contributed by atoms with van der Waals surface area (Å²) in [6.45, 7) is 0.546. The van der Waals surface area contributed by atoms with Crippen LogP contribution in [0.15, 0.2) is 42.5 Å². The summed E-state index contributed by atoms with van der Waals surface area (Å²) in [6.07, 6.45) is 0.716. The molecule has 2 rings (SSSR count). The molecule has 0 saturated carbocycles. The first kappa shape index (κ1) is 16.3. The second-order valence-corrected chi connectivity index (χ2v) is 4.18. The number of benzene rings is 2. The van der Waals surface area contributed by atoms with Gasteiger partial charge in [-0.3, -0.25) is 0 Å². The summed E-state index contributed by atoms with van der Waals surface area (Å²) >= 11 is 0. The maximum Gasteiger partial charge on any atom is 0.339 e. The van der Waals surface area contributed by atoms with Crippen LogP contribution in [0.3, 0.4) is 0 Å². The van der Waals surface area contributed by atoms with Gasteiger partial charge in [0.05, 0.1) is 0 Å². The number of phenols is 3. The van der Waals surface area contributed by atoms with E-state index in [1.165, 1.54) is 24.3 Å².